The Bertz CT molecular complexity index is 495. The smallest absolute Gasteiger partial charge is 0.227 e. The zero-order valence-electron chi connectivity index (χ0n) is 10.1. The molecule has 18 heavy (non-hydrogen) atoms. The molecule has 96 valence electrons. The van der Waals surface area contributed by atoms with Gasteiger partial charge in [0.25, 0.3) is 0 Å². The molecule has 1 atom stereocenters. The van der Waals surface area contributed by atoms with Crippen LogP contribution in [0.5, 0.6) is 0 Å². The Hall–Kier alpha value is -1.46. The first-order valence-corrected chi connectivity index (χ1v) is 6.23. The Morgan fingerprint density at radius 2 is 2.28 bits per heavy atom. The minimum Gasteiger partial charge on any atom is -0.339 e. The molecule has 2 aromatic rings. The third kappa shape index (κ3) is 3.51. The molecular formula is C12H15ClN4O. The van der Waals surface area contributed by atoms with E-state index < -0.39 is 0 Å². The highest BCUT2D eigenvalue weighted by atomic mass is 35.5. The molecule has 2 rings (SSSR count). The van der Waals surface area contributed by atoms with Crippen molar-refractivity contribution in [3.8, 4) is 11.5 Å². The fraction of sp³-hybridized carbons (Fsp3) is 0.417. The molecule has 0 aliphatic heterocycles. The van der Waals surface area contributed by atoms with E-state index in [2.05, 4.69) is 15.1 Å². The van der Waals surface area contributed by atoms with E-state index in [1.54, 1.807) is 18.3 Å². The van der Waals surface area contributed by atoms with E-state index in [9.17, 15) is 0 Å². The van der Waals surface area contributed by atoms with Crippen LogP contribution in [0.2, 0.25) is 5.02 Å². The zero-order valence-corrected chi connectivity index (χ0v) is 10.9. The molecule has 0 amide bonds. The van der Waals surface area contributed by atoms with Crippen molar-refractivity contribution >= 4 is 11.6 Å². The second-order valence-corrected chi connectivity index (χ2v) is 4.68. The van der Waals surface area contributed by atoms with Crippen LogP contribution < -0.4 is 5.73 Å². The average Bonchev–Trinajstić information content (AvgIpc) is 2.78. The summed E-state index contributed by atoms with van der Waals surface area (Å²) in [5.41, 5.74) is 6.33. The summed E-state index contributed by atoms with van der Waals surface area (Å²) in [4.78, 5) is 8.42. The van der Waals surface area contributed by atoms with Crippen LogP contribution in [0.4, 0.5) is 0 Å². The first-order valence-electron chi connectivity index (χ1n) is 5.85. The SMILES string of the molecule is CC(N)CCCc1nc(-c2ccc(Cl)cn2)no1. The number of rotatable bonds is 5. The van der Waals surface area contributed by atoms with E-state index in [1.807, 2.05) is 6.92 Å². The van der Waals surface area contributed by atoms with Crippen molar-refractivity contribution in [2.75, 3.05) is 0 Å². The van der Waals surface area contributed by atoms with Crippen LogP contribution >= 0.6 is 11.6 Å². The Balaban J connectivity index is 1.99. The second kappa shape index (κ2) is 5.93. The highest BCUT2D eigenvalue weighted by Crippen LogP contribution is 2.16. The average molecular weight is 267 g/mol. The van der Waals surface area contributed by atoms with E-state index in [-0.39, 0.29) is 6.04 Å². The van der Waals surface area contributed by atoms with Gasteiger partial charge in [0.05, 0.1) is 5.02 Å². The van der Waals surface area contributed by atoms with Crippen LogP contribution in [0.1, 0.15) is 25.7 Å². The maximum absolute atomic E-state index is 5.76. The van der Waals surface area contributed by atoms with Gasteiger partial charge in [-0.1, -0.05) is 16.8 Å². The van der Waals surface area contributed by atoms with Crippen LogP contribution in [-0.2, 0) is 6.42 Å². The molecule has 5 nitrogen and oxygen atoms in total. The summed E-state index contributed by atoms with van der Waals surface area (Å²) in [6.45, 7) is 1.98. The first-order chi connectivity index (χ1) is 8.65. The van der Waals surface area contributed by atoms with Crippen LogP contribution in [0.25, 0.3) is 11.5 Å². The number of halogens is 1. The Morgan fingerprint density at radius 3 is 2.94 bits per heavy atom. The lowest BCUT2D eigenvalue weighted by Gasteiger charge is -2.00. The molecule has 0 saturated carbocycles. The van der Waals surface area contributed by atoms with Gasteiger partial charge in [0, 0.05) is 18.7 Å². The van der Waals surface area contributed by atoms with Gasteiger partial charge < -0.3 is 10.3 Å². The van der Waals surface area contributed by atoms with E-state index in [0.717, 1.165) is 19.3 Å². The summed E-state index contributed by atoms with van der Waals surface area (Å²) < 4.78 is 5.16. The zero-order chi connectivity index (χ0) is 13.0. The van der Waals surface area contributed by atoms with Crippen molar-refractivity contribution in [2.24, 2.45) is 5.73 Å². The fourth-order valence-electron chi connectivity index (χ4n) is 1.54. The van der Waals surface area contributed by atoms with Gasteiger partial charge in [-0.3, -0.25) is 4.98 Å². The van der Waals surface area contributed by atoms with E-state index in [0.29, 0.717) is 22.4 Å². The van der Waals surface area contributed by atoms with Crippen molar-refractivity contribution in [1.29, 1.82) is 0 Å². The third-order valence-corrected chi connectivity index (χ3v) is 2.70. The van der Waals surface area contributed by atoms with Crippen LogP contribution in [-0.4, -0.2) is 21.2 Å². The molecule has 0 aliphatic rings. The van der Waals surface area contributed by atoms with Crippen molar-refractivity contribution in [3.63, 3.8) is 0 Å². The van der Waals surface area contributed by atoms with E-state index in [4.69, 9.17) is 21.9 Å². The molecule has 0 saturated heterocycles. The largest absolute Gasteiger partial charge is 0.339 e. The predicted molar refractivity (Wildman–Crippen MR) is 69.1 cm³/mol. The van der Waals surface area contributed by atoms with Gasteiger partial charge in [0.1, 0.15) is 5.69 Å². The molecule has 0 fully saturated rings. The van der Waals surface area contributed by atoms with Crippen LogP contribution in [0, 0.1) is 0 Å². The first kappa shape index (κ1) is 13.0. The normalized spacial score (nSPS) is 12.6. The molecular weight excluding hydrogens is 252 g/mol. The number of hydrogen-bond acceptors (Lipinski definition) is 5. The molecule has 0 bridgehead atoms. The summed E-state index contributed by atoms with van der Waals surface area (Å²) in [6, 6.07) is 3.71. The number of hydrogen-bond donors (Lipinski definition) is 1. The van der Waals surface area contributed by atoms with E-state index in [1.165, 1.54) is 0 Å². The van der Waals surface area contributed by atoms with Gasteiger partial charge in [-0.25, -0.2) is 0 Å². The summed E-state index contributed by atoms with van der Waals surface area (Å²) in [5.74, 6) is 1.10. The number of nitrogens with two attached hydrogens (primary N) is 1. The fourth-order valence-corrected chi connectivity index (χ4v) is 1.66. The van der Waals surface area contributed by atoms with Gasteiger partial charge in [0.15, 0.2) is 0 Å². The molecule has 0 aromatic carbocycles. The Labute approximate surface area is 110 Å². The molecule has 2 aromatic heterocycles. The lowest BCUT2D eigenvalue weighted by molar-refractivity contribution is 0.373. The van der Waals surface area contributed by atoms with Crippen molar-refractivity contribution in [2.45, 2.75) is 32.2 Å². The number of nitrogens with zero attached hydrogens (tertiary/aromatic N) is 3. The van der Waals surface area contributed by atoms with Crippen molar-refractivity contribution in [3.05, 3.63) is 29.2 Å². The van der Waals surface area contributed by atoms with Crippen LogP contribution in [0.3, 0.4) is 0 Å². The monoisotopic (exact) mass is 266 g/mol. The van der Waals surface area contributed by atoms with Crippen molar-refractivity contribution < 1.29 is 4.52 Å². The maximum atomic E-state index is 5.76. The molecule has 0 spiro atoms. The minimum absolute atomic E-state index is 0.199. The molecule has 6 heteroatoms. The van der Waals surface area contributed by atoms with Crippen molar-refractivity contribution in [1.82, 2.24) is 15.1 Å². The summed E-state index contributed by atoms with van der Waals surface area (Å²) in [6.07, 6.45) is 4.18. The van der Waals surface area contributed by atoms with Gasteiger partial charge in [-0.05, 0) is 31.9 Å². The lowest BCUT2D eigenvalue weighted by Crippen LogP contribution is -2.14. The third-order valence-electron chi connectivity index (χ3n) is 2.47. The highest BCUT2D eigenvalue weighted by molar-refractivity contribution is 6.30. The molecule has 2 N–H and O–H groups in total. The summed E-state index contributed by atoms with van der Waals surface area (Å²) in [7, 11) is 0. The lowest BCUT2D eigenvalue weighted by atomic mass is 10.1. The summed E-state index contributed by atoms with van der Waals surface area (Å²) in [5, 5.41) is 4.47. The molecule has 0 radical (unpaired) electrons. The second-order valence-electron chi connectivity index (χ2n) is 4.24. The standard InChI is InChI=1S/C12H15ClN4O/c1-8(14)3-2-4-11-16-12(17-18-11)10-6-5-9(13)7-15-10/h5-8H,2-4,14H2,1H3. The predicted octanol–water partition coefficient (Wildman–Crippen LogP) is 2.45. The number of pyridine rings is 1. The minimum atomic E-state index is 0.199. The van der Waals surface area contributed by atoms with Crippen LogP contribution in [0.15, 0.2) is 22.9 Å². The quantitative estimate of drug-likeness (QED) is 0.899. The maximum Gasteiger partial charge on any atom is 0.227 e. The van der Waals surface area contributed by atoms with Gasteiger partial charge in [0.2, 0.25) is 11.7 Å². The molecule has 2 heterocycles. The summed E-state index contributed by atoms with van der Waals surface area (Å²) >= 11 is 5.76. The number of aryl methyl sites for hydroxylation is 1. The Morgan fingerprint density at radius 1 is 1.44 bits per heavy atom. The number of aromatic nitrogens is 3. The van der Waals surface area contributed by atoms with Gasteiger partial charge in [-0.2, -0.15) is 4.98 Å². The topological polar surface area (TPSA) is 77.8 Å². The highest BCUT2D eigenvalue weighted by Gasteiger charge is 2.09. The Kier molecular flexibility index (Phi) is 4.28. The van der Waals surface area contributed by atoms with Gasteiger partial charge >= 0.3 is 0 Å². The van der Waals surface area contributed by atoms with E-state index >= 15 is 0 Å². The van der Waals surface area contributed by atoms with Gasteiger partial charge in [-0.15, -0.1) is 0 Å². The molecule has 0 aliphatic carbocycles. The molecule has 1 unspecified atom stereocenters.